The summed E-state index contributed by atoms with van der Waals surface area (Å²) in [6.07, 6.45) is 1.59. The molecule has 0 spiro atoms. The number of hydrogen-bond acceptors (Lipinski definition) is 3. The summed E-state index contributed by atoms with van der Waals surface area (Å²) in [5, 5.41) is 2.29. The fraction of sp³-hybridized carbons (Fsp3) is 0. The number of halogens is 2. The van der Waals surface area contributed by atoms with Gasteiger partial charge in [-0.25, -0.2) is 9.37 Å². The first-order chi connectivity index (χ1) is 8.74. The van der Waals surface area contributed by atoms with Crippen molar-refractivity contribution in [1.29, 1.82) is 0 Å². The molecule has 0 amide bonds. The number of hydrogen-bond donors (Lipinski definition) is 0. The lowest BCUT2D eigenvalue weighted by molar-refractivity contribution is 0.574. The van der Waals surface area contributed by atoms with Crippen molar-refractivity contribution in [3.05, 3.63) is 52.7 Å². The van der Waals surface area contributed by atoms with Gasteiger partial charge in [-0.3, -0.25) is 0 Å². The second-order valence-corrected chi connectivity index (χ2v) is 5.02. The molecule has 0 unspecified atom stereocenters. The highest BCUT2D eigenvalue weighted by molar-refractivity contribution is 7.13. The second-order valence-electron chi connectivity index (χ2n) is 3.63. The Labute approximate surface area is 112 Å². The molecule has 0 atom stereocenters. The predicted octanol–water partition coefficient (Wildman–Crippen LogP) is 4.86. The van der Waals surface area contributed by atoms with E-state index in [0.29, 0.717) is 16.3 Å². The van der Waals surface area contributed by atoms with Gasteiger partial charge in [-0.05, 0) is 29.6 Å². The highest BCUT2D eigenvalue weighted by atomic mass is 35.5. The third-order valence-corrected chi connectivity index (χ3v) is 3.55. The Balaban J connectivity index is 2.03. The zero-order chi connectivity index (χ0) is 12.5. The highest BCUT2D eigenvalue weighted by Crippen LogP contribution is 2.30. The van der Waals surface area contributed by atoms with E-state index in [-0.39, 0.29) is 5.89 Å². The van der Waals surface area contributed by atoms with Crippen molar-refractivity contribution in [2.75, 3.05) is 0 Å². The van der Waals surface area contributed by atoms with E-state index in [1.165, 1.54) is 6.07 Å². The van der Waals surface area contributed by atoms with E-state index >= 15 is 0 Å². The summed E-state index contributed by atoms with van der Waals surface area (Å²) in [5.41, 5.74) is 0.308. The van der Waals surface area contributed by atoms with Crippen LogP contribution in [0.5, 0.6) is 0 Å². The van der Waals surface area contributed by atoms with Gasteiger partial charge in [0.15, 0.2) is 5.76 Å². The Morgan fingerprint density at radius 3 is 2.89 bits per heavy atom. The van der Waals surface area contributed by atoms with E-state index in [0.717, 1.165) is 4.88 Å². The molecule has 0 saturated carbocycles. The van der Waals surface area contributed by atoms with Crippen molar-refractivity contribution in [3.63, 3.8) is 0 Å². The fourth-order valence-electron chi connectivity index (χ4n) is 1.59. The van der Waals surface area contributed by atoms with Crippen molar-refractivity contribution in [3.8, 4) is 22.1 Å². The van der Waals surface area contributed by atoms with Gasteiger partial charge in [-0.2, -0.15) is 0 Å². The monoisotopic (exact) mass is 279 g/mol. The maximum atomic E-state index is 13.7. The zero-order valence-corrected chi connectivity index (χ0v) is 10.6. The number of nitrogens with zero attached hydrogens (tertiary/aromatic N) is 1. The minimum Gasteiger partial charge on any atom is -0.435 e. The third kappa shape index (κ3) is 2.05. The summed E-state index contributed by atoms with van der Waals surface area (Å²) in [4.78, 5) is 5.05. The molecule has 0 aliphatic heterocycles. The van der Waals surface area contributed by atoms with Crippen molar-refractivity contribution >= 4 is 22.9 Å². The molecule has 0 N–H and O–H groups in total. The summed E-state index contributed by atoms with van der Waals surface area (Å²) in [6, 6.07) is 8.25. The number of rotatable bonds is 2. The van der Waals surface area contributed by atoms with Crippen LogP contribution in [-0.2, 0) is 0 Å². The largest absolute Gasteiger partial charge is 0.435 e. The first-order valence-electron chi connectivity index (χ1n) is 5.19. The Morgan fingerprint density at radius 1 is 1.28 bits per heavy atom. The van der Waals surface area contributed by atoms with E-state index < -0.39 is 5.82 Å². The van der Waals surface area contributed by atoms with Crippen molar-refractivity contribution in [2.45, 2.75) is 0 Å². The van der Waals surface area contributed by atoms with Crippen LogP contribution in [0.1, 0.15) is 0 Å². The summed E-state index contributed by atoms with van der Waals surface area (Å²) in [7, 11) is 0. The van der Waals surface area contributed by atoms with E-state index in [4.69, 9.17) is 16.0 Å². The van der Waals surface area contributed by atoms with E-state index in [9.17, 15) is 4.39 Å². The van der Waals surface area contributed by atoms with Crippen LogP contribution in [0.4, 0.5) is 4.39 Å². The van der Waals surface area contributed by atoms with Gasteiger partial charge in [0.25, 0.3) is 0 Å². The first kappa shape index (κ1) is 11.4. The number of benzene rings is 1. The molecule has 0 fully saturated rings. The van der Waals surface area contributed by atoms with Gasteiger partial charge in [0.2, 0.25) is 5.89 Å². The lowest BCUT2D eigenvalue weighted by atomic mass is 10.2. The van der Waals surface area contributed by atoms with Gasteiger partial charge < -0.3 is 4.42 Å². The molecule has 0 aliphatic rings. The fourth-order valence-corrected chi connectivity index (χ4v) is 2.42. The summed E-state index contributed by atoms with van der Waals surface area (Å²) < 4.78 is 19.3. The van der Waals surface area contributed by atoms with Crippen LogP contribution in [0.25, 0.3) is 22.1 Å². The van der Waals surface area contributed by atoms with Crippen LogP contribution in [0.3, 0.4) is 0 Å². The number of aromatic nitrogens is 1. The minimum absolute atomic E-state index is 0.257. The van der Waals surface area contributed by atoms with Gasteiger partial charge in [-0.1, -0.05) is 17.7 Å². The van der Waals surface area contributed by atoms with Gasteiger partial charge in [-0.15, -0.1) is 11.3 Å². The third-order valence-electron chi connectivity index (χ3n) is 2.43. The van der Waals surface area contributed by atoms with Crippen LogP contribution in [-0.4, -0.2) is 4.98 Å². The quantitative estimate of drug-likeness (QED) is 0.669. The molecule has 0 aliphatic carbocycles. The average molecular weight is 280 g/mol. The molecule has 2 aromatic heterocycles. The molecule has 3 aromatic rings. The molecule has 18 heavy (non-hydrogen) atoms. The SMILES string of the molecule is Fc1cc(Cl)ccc1-c1ncc(-c2cccs2)o1. The molecule has 1 aromatic carbocycles. The summed E-state index contributed by atoms with van der Waals surface area (Å²) in [6.45, 7) is 0. The molecule has 0 bridgehead atoms. The number of thiophene rings is 1. The standard InChI is InChI=1S/C13H7ClFNOS/c14-8-3-4-9(10(15)6-8)13-16-7-11(17-13)12-2-1-5-18-12/h1-7H. The molecule has 90 valence electrons. The van der Waals surface area contributed by atoms with E-state index in [1.807, 2.05) is 17.5 Å². The molecule has 2 nitrogen and oxygen atoms in total. The lowest BCUT2D eigenvalue weighted by Crippen LogP contribution is -1.83. The van der Waals surface area contributed by atoms with Crippen LogP contribution in [0, 0.1) is 5.82 Å². The van der Waals surface area contributed by atoms with Gasteiger partial charge >= 0.3 is 0 Å². The molecule has 0 radical (unpaired) electrons. The maximum Gasteiger partial charge on any atom is 0.229 e. The topological polar surface area (TPSA) is 26.0 Å². The first-order valence-corrected chi connectivity index (χ1v) is 6.45. The van der Waals surface area contributed by atoms with Crippen molar-refractivity contribution < 1.29 is 8.81 Å². The lowest BCUT2D eigenvalue weighted by Gasteiger charge is -1.98. The molecule has 2 heterocycles. The number of oxazole rings is 1. The van der Waals surface area contributed by atoms with Gasteiger partial charge in [0.05, 0.1) is 16.6 Å². The normalized spacial score (nSPS) is 10.8. The Hall–Kier alpha value is -1.65. The summed E-state index contributed by atoms with van der Waals surface area (Å²) >= 11 is 7.24. The van der Waals surface area contributed by atoms with Crippen LogP contribution in [0.15, 0.2) is 46.3 Å². The second kappa shape index (κ2) is 4.55. The zero-order valence-electron chi connectivity index (χ0n) is 9.06. The van der Waals surface area contributed by atoms with Crippen LogP contribution < -0.4 is 0 Å². The molecular formula is C13H7ClFNOS. The predicted molar refractivity (Wildman–Crippen MR) is 70.2 cm³/mol. The molecule has 5 heteroatoms. The Kier molecular flexibility index (Phi) is 2.89. The highest BCUT2D eigenvalue weighted by Gasteiger charge is 2.13. The molecule has 0 saturated heterocycles. The van der Waals surface area contributed by atoms with Gasteiger partial charge in [0, 0.05) is 5.02 Å². The molecule has 3 rings (SSSR count). The Bertz CT molecular complexity index is 678. The van der Waals surface area contributed by atoms with E-state index in [1.54, 1.807) is 29.7 Å². The van der Waals surface area contributed by atoms with Crippen molar-refractivity contribution in [2.24, 2.45) is 0 Å². The summed E-state index contributed by atoms with van der Waals surface area (Å²) in [5.74, 6) is 0.448. The van der Waals surface area contributed by atoms with Gasteiger partial charge in [0.1, 0.15) is 5.82 Å². The minimum atomic E-state index is -0.443. The maximum absolute atomic E-state index is 13.7. The Morgan fingerprint density at radius 2 is 2.17 bits per heavy atom. The average Bonchev–Trinajstić information content (AvgIpc) is 2.99. The smallest absolute Gasteiger partial charge is 0.229 e. The van der Waals surface area contributed by atoms with E-state index in [2.05, 4.69) is 4.98 Å². The van der Waals surface area contributed by atoms with Crippen molar-refractivity contribution in [1.82, 2.24) is 4.98 Å². The van der Waals surface area contributed by atoms with Crippen LogP contribution in [0.2, 0.25) is 5.02 Å². The molecular weight excluding hydrogens is 273 g/mol. The van der Waals surface area contributed by atoms with Crippen LogP contribution >= 0.6 is 22.9 Å².